The number of piperidine rings is 1. The number of para-hydroxylation sites is 1. The second-order valence-electron chi connectivity index (χ2n) is 8.77. The van der Waals surface area contributed by atoms with E-state index in [1.807, 2.05) is 24.3 Å². The summed E-state index contributed by atoms with van der Waals surface area (Å²) in [5.74, 6) is -0.591. The molecule has 1 aliphatic rings. The van der Waals surface area contributed by atoms with Gasteiger partial charge in [0, 0.05) is 26.2 Å². The van der Waals surface area contributed by atoms with E-state index >= 15 is 0 Å². The minimum absolute atomic E-state index is 0.0772. The van der Waals surface area contributed by atoms with Crippen molar-refractivity contribution in [1.29, 1.82) is 0 Å². The Morgan fingerprint density at radius 3 is 2.34 bits per heavy atom. The third-order valence-electron chi connectivity index (χ3n) is 6.59. The number of H-pyrrole nitrogens is 1. The maximum Gasteiger partial charge on any atom is 0.262 e. The van der Waals surface area contributed by atoms with Crippen LogP contribution in [0.1, 0.15) is 24.0 Å². The van der Waals surface area contributed by atoms with Crippen LogP contribution in [0.4, 0.5) is 8.78 Å². The number of halogens is 2. The Hall–Kier alpha value is -3.42. The zero-order valence-corrected chi connectivity index (χ0v) is 20.0. The lowest BCUT2D eigenvalue weighted by atomic mass is 9.88. The van der Waals surface area contributed by atoms with Gasteiger partial charge < -0.3 is 9.88 Å². The van der Waals surface area contributed by atoms with Gasteiger partial charge in [-0.1, -0.05) is 42.0 Å². The molecule has 1 aromatic heterocycles. The number of hydrogen-bond acceptors (Lipinski definition) is 3. The summed E-state index contributed by atoms with van der Waals surface area (Å²) < 4.78 is 29.6. The average molecular weight is 490 g/mol. The minimum atomic E-state index is -0.297. The predicted octanol–water partition coefficient (Wildman–Crippen LogP) is 5.94. The molecule has 0 bridgehead atoms. The molecule has 178 valence electrons. The van der Waals surface area contributed by atoms with Crippen LogP contribution < -0.4 is 5.56 Å². The largest absolute Gasteiger partial charge is 0.332 e. The van der Waals surface area contributed by atoms with Gasteiger partial charge in [0.1, 0.15) is 11.6 Å². The first-order valence-corrected chi connectivity index (χ1v) is 12.1. The van der Waals surface area contributed by atoms with Crippen molar-refractivity contribution in [2.45, 2.75) is 19.4 Å². The number of fused-ring (bicyclic) bond motifs is 1. The number of aromatic amines is 1. The van der Waals surface area contributed by atoms with Gasteiger partial charge >= 0.3 is 0 Å². The molecule has 0 amide bonds. The highest BCUT2D eigenvalue weighted by Crippen LogP contribution is 2.32. The lowest BCUT2D eigenvalue weighted by Gasteiger charge is -2.30. The Balaban J connectivity index is 1.36. The summed E-state index contributed by atoms with van der Waals surface area (Å²) in [6, 6.07) is 20.3. The number of likely N-dealkylation sites (tertiary alicyclic amines) is 1. The van der Waals surface area contributed by atoms with Crippen LogP contribution in [0.3, 0.4) is 0 Å². The number of benzene rings is 3. The van der Waals surface area contributed by atoms with Gasteiger partial charge in [-0.25, -0.2) is 8.78 Å². The summed E-state index contributed by atoms with van der Waals surface area (Å²) in [5, 5.41) is 0.629. The van der Waals surface area contributed by atoms with Gasteiger partial charge in [0.25, 0.3) is 5.56 Å². The van der Waals surface area contributed by atoms with Crippen molar-refractivity contribution in [3.8, 4) is 0 Å². The Morgan fingerprint density at radius 1 is 0.857 bits per heavy atom. The zero-order chi connectivity index (χ0) is 24.4. The standard InChI is InChI=1S/C28H25F2N3OS/c29-22-10-8-19(9-11-22)26(21-4-3-5-23(30)18-21)20-12-14-32(15-13-20)16-17-33-27(34)24-6-1-2-7-25(24)31-28(33)35/h1-11,18H,12-17H2,(H,31,35). The monoisotopic (exact) mass is 489 g/mol. The van der Waals surface area contributed by atoms with Gasteiger partial charge in [0.2, 0.25) is 0 Å². The summed E-state index contributed by atoms with van der Waals surface area (Å²) >= 11 is 5.44. The van der Waals surface area contributed by atoms with Crippen molar-refractivity contribution in [3.05, 3.63) is 116 Å². The normalized spacial score (nSPS) is 14.4. The molecule has 0 atom stereocenters. The van der Waals surface area contributed by atoms with Gasteiger partial charge in [-0.2, -0.15) is 0 Å². The van der Waals surface area contributed by atoms with Crippen LogP contribution in [0, 0.1) is 16.4 Å². The van der Waals surface area contributed by atoms with Gasteiger partial charge in [-0.05, 0) is 78.2 Å². The first-order valence-electron chi connectivity index (χ1n) is 11.7. The van der Waals surface area contributed by atoms with E-state index in [9.17, 15) is 13.6 Å². The maximum atomic E-state index is 14.0. The molecule has 7 heteroatoms. The molecule has 0 spiro atoms. The third-order valence-corrected chi connectivity index (χ3v) is 6.91. The quantitative estimate of drug-likeness (QED) is 0.353. The van der Waals surface area contributed by atoms with E-state index in [1.54, 1.807) is 28.8 Å². The van der Waals surface area contributed by atoms with Gasteiger partial charge in [-0.3, -0.25) is 9.36 Å². The van der Waals surface area contributed by atoms with Crippen molar-refractivity contribution in [3.63, 3.8) is 0 Å². The van der Waals surface area contributed by atoms with Gasteiger partial charge in [0.05, 0.1) is 10.9 Å². The van der Waals surface area contributed by atoms with Crippen LogP contribution in [0.15, 0.2) is 83.2 Å². The summed E-state index contributed by atoms with van der Waals surface area (Å²) in [6.07, 6.45) is 1.62. The van der Waals surface area contributed by atoms with Crippen molar-refractivity contribution in [2.75, 3.05) is 19.6 Å². The van der Waals surface area contributed by atoms with Gasteiger partial charge in [0.15, 0.2) is 4.77 Å². The Bertz CT molecular complexity index is 1510. The molecular formula is C28H25F2N3OS. The van der Waals surface area contributed by atoms with Crippen molar-refractivity contribution in [2.24, 2.45) is 0 Å². The molecule has 0 aliphatic carbocycles. The molecule has 1 N–H and O–H groups in total. The van der Waals surface area contributed by atoms with Crippen molar-refractivity contribution in [1.82, 2.24) is 14.5 Å². The fraction of sp³-hybridized carbons (Fsp3) is 0.214. The molecule has 0 unspecified atom stereocenters. The number of hydrogen-bond donors (Lipinski definition) is 1. The average Bonchev–Trinajstić information content (AvgIpc) is 2.86. The molecular weight excluding hydrogens is 464 g/mol. The molecule has 0 radical (unpaired) electrons. The van der Waals surface area contributed by atoms with Crippen LogP contribution in [0.25, 0.3) is 16.5 Å². The zero-order valence-electron chi connectivity index (χ0n) is 19.1. The van der Waals surface area contributed by atoms with E-state index < -0.39 is 0 Å². The Kier molecular flexibility index (Phi) is 6.70. The summed E-state index contributed by atoms with van der Waals surface area (Å²) in [6.45, 7) is 2.84. The molecule has 2 heterocycles. The summed E-state index contributed by atoms with van der Waals surface area (Å²) in [4.78, 5) is 18.4. The van der Waals surface area contributed by atoms with Crippen LogP contribution >= 0.6 is 12.2 Å². The molecule has 1 aliphatic heterocycles. The van der Waals surface area contributed by atoms with E-state index in [2.05, 4.69) is 9.88 Å². The molecule has 35 heavy (non-hydrogen) atoms. The van der Waals surface area contributed by atoms with E-state index in [1.165, 1.54) is 29.8 Å². The highest BCUT2D eigenvalue weighted by atomic mass is 32.1. The maximum absolute atomic E-state index is 14.0. The number of aromatic nitrogens is 2. The Morgan fingerprint density at radius 2 is 1.60 bits per heavy atom. The fourth-order valence-electron chi connectivity index (χ4n) is 4.78. The number of nitrogens with one attached hydrogen (secondary N) is 1. The smallest absolute Gasteiger partial charge is 0.262 e. The van der Waals surface area contributed by atoms with Crippen molar-refractivity contribution >= 4 is 28.7 Å². The Labute approximate surface area is 207 Å². The van der Waals surface area contributed by atoms with Gasteiger partial charge in [-0.15, -0.1) is 0 Å². The highest BCUT2D eigenvalue weighted by molar-refractivity contribution is 7.71. The van der Waals surface area contributed by atoms with Crippen LogP contribution in [0.5, 0.6) is 0 Å². The lowest BCUT2D eigenvalue weighted by Crippen LogP contribution is -2.36. The van der Waals surface area contributed by atoms with Crippen molar-refractivity contribution < 1.29 is 8.78 Å². The highest BCUT2D eigenvalue weighted by Gasteiger charge is 2.20. The second-order valence-corrected chi connectivity index (χ2v) is 9.16. The molecule has 4 nitrogen and oxygen atoms in total. The molecule has 5 rings (SSSR count). The van der Waals surface area contributed by atoms with Crippen LogP contribution in [0.2, 0.25) is 0 Å². The molecule has 3 aromatic carbocycles. The predicted molar refractivity (Wildman–Crippen MR) is 138 cm³/mol. The molecule has 1 fully saturated rings. The molecule has 0 saturated carbocycles. The minimum Gasteiger partial charge on any atom is -0.332 e. The molecule has 4 aromatic rings. The van der Waals surface area contributed by atoms with Crippen LogP contribution in [-0.2, 0) is 6.54 Å². The van der Waals surface area contributed by atoms with E-state index in [0.29, 0.717) is 23.2 Å². The second kappa shape index (κ2) is 10.1. The topological polar surface area (TPSA) is 41.0 Å². The molecule has 1 saturated heterocycles. The van der Waals surface area contributed by atoms with E-state index in [-0.39, 0.29) is 17.2 Å². The third kappa shape index (κ3) is 5.01. The lowest BCUT2D eigenvalue weighted by molar-refractivity contribution is 0.245. The number of rotatable bonds is 5. The fourth-order valence-corrected chi connectivity index (χ4v) is 5.06. The van der Waals surface area contributed by atoms with Crippen LogP contribution in [-0.4, -0.2) is 34.1 Å². The summed E-state index contributed by atoms with van der Waals surface area (Å²) in [5.41, 5.74) is 4.54. The first kappa shape index (κ1) is 23.3. The van der Waals surface area contributed by atoms with E-state index in [0.717, 1.165) is 48.1 Å². The summed E-state index contributed by atoms with van der Waals surface area (Å²) in [7, 11) is 0. The number of nitrogens with zero attached hydrogens (tertiary/aromatic N) is 2. The first-order chi connectivity index (χ1) is 17.0. The SMILES string of the molecule is O=c1c2ccccc2[nH]c(=S)n1CCN1CCC(=C(c2ccc(F)cc2)c2cccc(F)c2)CC1. The van der Waals surface area contributed by atoms with E-state index in [4.69, 9.17) is 12.2 Å².